The Morgan fingerprint density at radius 2 is 2.38 bits per heavy atom. The van der Waals surface area contributed by atoms with Crippen LogP contribution in [0.15, 0.2) is 24.3 Å². The lowest BCUT2D eigenvalue weighted by atomic mass is 10.1. The topological polar surface area (TPSA) is 71.5 Å². The zero-order chi connectivity index (χ0) is 14.8. The van der Waals surface area contributed by atoms with Crippen LogP contribution in [-0.2, 0) is 4.74 Å². The number of benzene rings is 1. The van der Waals surface area contributed by atoms with E-state index in [2.05, 4.69) is 10.3 Å². The highest BCUT2D eigenvalue weighted by atomic mass is 16.5. The Balaban J connectivity index is 1.97. The second kappa shape index (κ2) is 5.69. The van der Waals surface area contributed by atoms with Gasteiger partial charge in [-0.05, 0) is 31.9 Å². The van der Waals surface area contributed by atoms with Crippen LogP contribution in [0, 0.1) is 6.92 Å². The van der Waals surface area contributed by atoms with Gasteiger partial charge in [0.2, 0.25) is 0 Å². The zero-order valence-corrected chi connectivity index (χ0v) is 11.9. The minimum atomic E-state index is -0.955. The minimum Gasteiger partial charge on any atom is -0.478 e. The molecule has 0 spiro atoms. The number of aryl methyl sites for hydroxylation is 1. The second-order valence-corrected chi connectivity index (χ2v) is 5.33. The van der Waals surface area contributed by atoms with Gasteiger partial charge < -0.3 is 15.2 Å². The maximum Gasteiger partial charge on any atom is 0.337 e. The quantitative estimate of drug-likeness (QED) is 0.904. The van der Waals surface area contributed by atoms with Crippen molar-refractivity contribution in [2.24, 2.45) is 0 Å². The van der Waals surface area contributed by atoms with Gasteiger partial charge in [-0.1, -0.05) is 12.1 Å². The lowest BCUT2D eigenvalue weighted by Gasteiger charge is -2.15. The van der Waals surface area contributed by atoms with Crippen molar-refractivity contribution in [3.05, 3.63) is 35.5 Å². The molecule has 1 atom stereocenters. The van der Waals surface area contributed by atoms with Gasteiger partial charge in [-0.15, -0.1) is 0 Å². The first kappa shape index (κ1) is 13.8. The number of carbonyl (C=O) groups is 1. The summed E-state index contributed by atoms with van der Waals surface area (Å²) in [6, 6.07) is 7.18. The second-order valence-electron chi connectivity index (χ2n) is 5.33. The van der Waals surface area contributed by atoms with Gasteiger partial charge in [0.15, 0.2) is 0 Å². The fraction of sp³-hybridized carbons (Fsp3) is 0.375. The van der Waals surface area contributed by atoms with E-state index in [1.165, 1.54) is 0 Å². The van der Waals surface area contributed by atoms with E-state index >= 15 is 0 Å². The van der Waals surface area contributed by atoms with E-state index in [0.29, 0.717) is 5.52 Å². The largest absolute Gasteiger partial charge is 0.478 e. The molecule has 0 aliphatic carbocycles. The van der Waals surface area contributed by atoms with E-state index in [1.807, 2.05) is 19.1 Å². The summed E-state index contributed by atoms with van der Waals surface area (Å²) < 4.78 is 5.61. The number of aromatic nitrogens is 1. The molecule has 0 saturated carbocycles. The molecule has 2 aromatic rings. The predicted molar refractivity (Wildman–Crippen MR) is 80.9 cm³/mol. The van der Waals surface area contributed by atoms with Crippen LogP contribution in [0.2, 0.25) is 0 Å². The van der Waals surface area contributed by atoms with Crippen molar-refractivity contribution < 1.29 is 14.6 Å². The number of hydrogen-bond acceptors (Lipinski definition) is 4. The Morgan fingerprint density at radius 3 is 3.10 bits per heavy atom. The van der Waals surface area contributed by atoms with Crippen molar-refractivity contribution in [3.8, 4) is 0 Å². The number of carboxylic acids is 1. The Hall–Kier alpha value is -2.14. The molecule has 2 N–H and O–H groups in total. The maximum absolute atomic E-state index is 11.3. The summed E-state index contributed by atoms with van der Waals surface area (Å²) in [5.41, 5.74) is 2.47. The summed E-state index contributed by atoms with van der Waals surface area (Å²) in [4.78, 5) is 15.7. The number of carboxylic acid groups (broad SMARTS) is 1. The lowest BCUT2D eigenvalue weighted by Crippen LogP contribution is -2.18. The van der Waals surface area contributed by atoms with Gasteiger partial charge in [-0.2, -0.15) is 0 Å². The van der Waals surface area contributed by atoms with Gasteiger partial charge in [0.25, 0.3) is 0 Å². The number of pyridine rings is 1. The molecular weight excluding hydrogens is 268 g/mol. The SMILES string of the molecule is Cc1cc(NC[C@@H]2CCCO2)c2cccc(C(=O)O)c2n1. The molecule has 1 aliphatic rings. The van der Waals surface area contributed by atoms with E-state index in [9.17, 15) is 9.90 Å². The molecule has 3 rings (SSSR count). The normalized spacial score (nSPS) is 18.0. The third-order valence-corrected chi connectivity index (χ3v) is 3.74. The molecule has 0 amide bonds. The van der Waals surface area contributed by atoms with Gasteiger partial charge >= 0.3 is 5.97 Å². The zero-order valence-electron chi connectivity index (χ0n) is 11.9. The van der Waals surface area contributed by atoms with Crippen LogP contribution in [0.25, 0.3) is 10.9 Å². The van der Waals surface area contributed by atoms with Crippen LogP contribution in [-0.4, -0.2) is 35.3 Å². The molecule has 110 valence electrons. The molecule has 1 fully saturated rings. The first-order valence-electron chi connectivity index (χ1n) is 7.14. The lowest BCUT2D eigenvalue weighted by molar-refractivity contribution is 0.0699. The summed E-state index contributed by atoms with van der Waals surface area (Å²) >= 11 is 0. The van der Waals surface area contributed by atoms with Crippen LogP contribution in [0.3, 0.4) is 0 Å². The van der Waals surface area contributed by atoms with Crippen LogP contribution < -0.4 is 5.32 Å². The molecule has 1 aromatic carbocycles. The summed E-state index contributed by atoms with van der Waals surface area (Å²) in [6.45, 7) is 3.43. The van der Waals surface area contributed by atoms with E-state index < -0.39 is 5.97 Å². The van der Waals surface area contributed by atoms with Crippen molar-refractivity contribution in [2.75, 3.05) is 18.5 Å². The minimum absolute atomic E-state index is 0.233. The fourth-order valence-electron chi connectivity index (χ4n) is 2.72. The van der Waals surface area contributed by atoms with Crippen molar-refractivity contribution >= 4 is 22.6 Å². The molecule has 0 unspecified atom stereocenters. The fourth-order valence-corrected chi connectivity index (χ4v) is 2.72. The number of fused-ring (bicyclic) bond motifs is 1. The van der Waals surface area contributed by atoms with Gasteiger partial charge in [0, 0.05) is 29.9 Å². The van der Waals surface area contributed by atoms with E-state index in [-0.39, 0.29) is 11.7 Å². The number of nitrogens with one attached hydrogen (secondary N) is 1. The highest BCUT2D eigenvalue weighted by molar-refractivity contribution is 6.05. The van der Waals surface area contributed by atoms with E-state index in [1.54, 1.807) is 12.1 Å². The average molecular weight is 286 g/mol. The monoisotopic (exact) mass is 286 g/mol. The maximum atomic E-state index is 11.3. The number of para-hydroxylation sites is 1. The van der Waals surface area contributed by atoms with Gasteiger partial charge in [-0.25, -0.2) is 4.79 Å². The summed E-state index contributed by atoms with van der Waals surface area (Å²) in [7, 11) is 0. The molecular formula is C16H18N2O3. The number of rotatable bonds is 4. The van der Waals surface area contributed by atoms with Crippen molar-refractivity contribution in [3.63, 3.8) is 0 Å². The third kappa shape index (κ3) is 2.83. The highest BCUT2D eigenvalue weighted by Crippen LogP contribution is 2.26. The van der Waals surface area contributed by atoms with Gasteiger partial charge in [0.1, 0.15) is 0 Å². The Kier molecular flexibility index (Phi) is 3.75. The number of aromatic carboxylic acids is 1. The van der Waals surface area contributed by atoms with E-state index in [0.717, 1.165) is 42.8 Å². The third-order valence-electron chi connectivity index (χ3n) is 3.74. The average Bonchev–Trinajstić information content (AvgIpc) is 2.97. The van der Waals surface area contributed by atoms with E-state index in [4.69, 9.17) is 4.74 Å². The van der Waals surface area contributed by atoms with Crippen molar-refractivity contribution in [1.82, 2.24) is 4.98 Å². The van der Waals surface area contributed by atoms with Crippen LogP contribution >= 0.6 is 0 Å². The molecule has 5 heteroatoms. The molecule has 5 nitrogen and oxygen atoms in total. The smallest absolute Gasteiger partial charge is 0.337 e. The van der Waals surface area contributed by atoms with Crippen molar-refractivity contribution in [1.29, 1.82) is 0 Å². The van der Waals surface area contributed by atoms with Gasteiger partial charge in [0.05, 0.1) is 17.2 Å². The summed E-state index contributed by atoms with van der Waals surface area (Å²) in [5.74, 6) is -0.955. The van der Waals surface area contributed by atoms with Gasteiger partial charge in [-0.3, -0.25) is 4.98 Å². The summed E-state index contributed by atoms with van der Waals surface area (Å²) in [5, 5.41) is 13.5. The number of ether oxygens (including phenoxy) is 1. The van der Waals surface area contributed by atoms with Crippen LogP contribution in [0.1, 0.15) is 28.9 Å². The molecule has 0 bridgehead atoms. The van der Waals surface area contributed by atoms with Crippen LogP contribution in [0.4, 0.5) is 5.69 Å². The molecule has 1 aromatic heterocycles. The Labute approximate surface area is 123 Å². The number of nitrogens with zero attached hydrogens (tertiary/aromatic N) is 1. The molecule has 0 radical (unpaired) electrons. The molecule has 2 heterocycles. The first-order chi connectivity index (χ1) is 10.1. The predicted octanol–water partition coefficient (Wildman–Crippen LogP) is 2.83. The standard InChI is InChI=1S/C16H18N2O3/c1-10-8-14(17-9-11-4-3-7-21-11)12-5-2-6-13(16(19)20)15(12)18-10/h2,5-6,8,11H,3-4,7,9H2,1H3,(H,17,18)(H,19,20)/t11-/m0/s1. The number of anilines is 1. The highest BCUT2D eigenvalue weighted by Gasteiger charge is 2.17. The number of hydrogen-bond donors (Lipinski definition) is 2. The molecule has 1 saturated heterocycles. The molecule has 21 heavy (non-hydrogen) atoms. The van der Waals surface area contributed by atoms with Crippen LogP contribution in [0.5, 0.6) is 0 Å². The Morgan fingerprint density at radius 1 is 1.52 bits per heavy atom. The summed E-state index contributed by atoms with van der Waals surface area (Å²) in [6.07, 6.45) is 2.40. The first-order valence-corrected chi connectivity index (χ1v) is 7.14. The Bertz CT molecular complexity index is 679. The van der Waals surface area contributed by atoms with Crippen molar-refractivity contribution in [2.45, 2.75) is 25.9 Å². The molecule has 1 aliphatic heterocycles.